The summed E-state index contributed by atoms with van der Waals surface area (Å²) in [6.45, 7) is 0. The summed E-state index contributed by atoms with van der Waals surface area (Å²) in [4.78, 5) is 44.8. The van der Waals surface area contributed by atoms with Crippen LogP contribution in [0.15, 0.2) is 60.8 Å². The SMILES string of the molecule is CN(C=C1c2cc([N+](=O)[O-])cc([N+](=O)[O-])c2-c2c1cc([N+](=O)[O-])cc2[N+](=O)[O-])c1ccccc1. The molecule has 0 heterocycles. The smallest absolute Gasteiger partial charge is 0.284 e. The molecular formula is C21H13N5O8. The number of hydrogen-bond donors (Lipinski definition) is 0. The quantitative estimate of drug-likeness (QED) is 0.286. The molecule has 13 heteroatoms. The van der Waals surface area contributed by atoms with Gasteiger partial charge in [0, 0.05) is 47.8 Å². The molecule has 34 heavy (non-hydrogen) atoms. The average Bonchev–Trinajstić information content (AvgIpc) is 3.11. The van der Waals surface area contributed by atoms with Gasteiger partial charge in [0.2, 0.25) is 0 Å². The van der Waals surface area contributed by atoms with Gasteiger partial charge in [-0.05, 0) is 12.1 Å². The molecule has 13 nitrogen and oxygen atoms in total. The highest BCUT2D eigenvalue weighted by molar-refractivity contribution is 6.08. The Kier molecular flexibility index (Phi) is 5.21. The van der Waals surface area contributed by atoms with Crippen LogP contribution < -0.4 is 4.90 Å². The molecule has 0 saturated carbocycles. The number of rotatable bonds is 6. The number of para-hydroxylation sites is 1. The molecule has 1 aliphatic carbocycles. The zero-order chi connectivity index (χ0) is 24.7. The first-order valence-electron chi connectivity index (χ1n) is 9.54. The summed E-state index contributed by atoms with van der Waals surface area (Å²) in [6, 6.07) is 12.4. The minimum atomic E-state index is -0.870. The van der Waals surface area contributed by atoms with Crippen LogP contribution in [0.4, 0.5) is 28.4 Å². The Hall–Kier alpha value is -5.20. The molecule has 0 fully saturated rings. The van der Waals surface area contributed by atoms with E-state index in [0.717, 1.165) is 24.3 Å². The van der Waals surface area contributed by atoms with Crippen molar-refractivity contribution >= 4 is 34.0 Å². The Balaban J connectivity index is 2.14. The molecule has 0 atom stereocenters. The van der Waals surface area contributed by atoms with E-state index in [2.05, 4.69) is 0 Å². The van der Waals surface area contributed by atoms with E-state index in [0.29, 0.717) is 5.69 Å². The molecule has 1 aliphatic rings. The Morgan fingerprint density at radius 3 is 1.50 bits per heavy atom. The van der Waals surface area contributed by atoms with E-state index in [1.54, 1.807) is 42.3 Å². The van der Waals surface area contributed by atoms with Crippen molar-refractivity contribution in [3.05, 3.63) is 112 Å². The van der Waals surface area contributed by atoms with Crippen LogP contribution in [0.25, 0.3) is 16.7 Å². The lowest BCUT2D eigenvalue weighted by Crippen LogP contribution is -2.09. The molecule has 0 radical (unpaired) electrons. The second-order valence-electron chi connectivity index (χ2n) is 7.29. The minimum absolute atomic E-state index is 0.0118. The third-order valence-electron chi connectivity index (χ3n) is 5.34. The van der Waals surface area contributed by atoms with Crippen molar-refractivity contribution < 1.29 is 19.7 Å². The fourth-order valence-electron chi connectivity index (χ4n) is 3.89. The van der Waals surface area contributed by atoms with E-state index in [9.17, 15) is 40.5 Å². The summed E-state index contributed by atoms with van der Waals surface area (Å²) in [5.41, 5.74) is -2.25. The van der Waals surface area contributed by atoms with Crippen molar-refractivity contribution in [2.45, 2.75) is 0 Å². The van der Waals surface area contributed by atoms with Crippen molar-refractivity contribution in [2.75, 3.05) is 11.9 Å². The molecule has 3 aromatic rings. The average molecular weight is 463 g/mol. The van der Waals surface area contributed by atoms with Gasteiger partial charge in [-0.15, -0.1) is 0 Å². The Morgan fingerprint density at radius 2 is 1.12 bits per heavy atom. The highest BCUT2D eigenvalue weighted by Crippen LogP contribution is 2.54. The fourth-order valence-corrected chi connectivity index (χ4v) is 3.89. The standard InChI is InChI=1S/C21H13N5O8/c1-22(12-5-3-2-4-6-12)11-17-15-7-13(23(27)28)9-18(25(31)32)20(15)21-16(17)8-14(24(29)30)10-19(21)26(33)34/h2-11H,1H3. The lowest BCUT2D eigenvalue weighted by Gasteiger charge is -2.16. The summed E-state index contributed by atoms with van der Waals surface area (Å²) >= 11 is 0. The van der Waals surface area contributed by atoms with Crippen LogP contribution in [-0.4, -0.2) is 26.7 Å². The van der Waals surface area contributed by atoms with E-state index < -0.39 is 42.4 Å². The van der Waals surface area contributed by atoms with Gasteiger partial charge in [0.15, 0.2) is 0 Å². The highest BCUT2D eigenvalue weighted by Gasteiger charge is 2.40. The number of anilines is 1. The number of nitro groups is 4. The topological polar surface area (TPSA) is 176 Å². The van der Waals surface area contributed by atoms with Gasteiger partial charge >= 0.3 is 0 Å². The first kappa shape index (κ1) is 22.0. The summed E-state index contributed by atoms with van der Waals surface area (Å²) in [6.07, 6.45) is 1.47. The van der Waals surface area contributed by atoms with Crippen molar-refractivity contribution in [2.24, 2.45) is 0 Å². The van der Waals surface area contributed by atoms with Gasteiger partial charge in [0.1, 0.15) is 0 Å². The molecule has 4 rings (SSSR count). The molecule has 0 saturated heterocycles. The van der Waals surface area contributed by atoms with Crippen molar-refractivity contribution in [3.8, 4) is 11.1 Å². The van der Waals surface area contributed by atoms with Crippen LogP contribution in [0.3, 0.4) is 0 Å². The second kappa shape index (κ2) is 8.05. The molecule has 0 aliphatic heterocycles. The van der Waals surface area contributed by atoms with Crippen LogP contribution >= 0.6 is 0 Å². The number of benzene rings is 3. The van der Waals surface area contributed by atoms with Gasteiger partial charge in [-0.25, -0.2) is 0 Å². The van der Waals surface area contributed by atoms with Crippen LogP contribution in [0.2, 0.25) is 0 Å². The third kappa shape index (κ3) is 3.56. The Labute approximate surface area is 189 Å². The van der Waals surface area contributed by atoms with E-state index in [1.807, 2.05) is 0 Å². The van der Waals surface area contributed by atoms with Gasteiger partial charge < -0.3 is 4.90 Å². The van der Waals surface area contributed by atoms with Gasteiger partial charge in [0.25, 0.3) is 22.7 Å². The van der Waals surface area contributed by atoms with E-state index in [-0.39, 0.29) is 27.8 Å². The van der Waals surface area contributed by atoms with Crippen molar-refractivity contribution in [1.29, 1.82) is 0 Å². The largest absolute Gasteiger partial charge is 0.350 e. The molecular weight excluding hydrogens is 450 g/mol. The first-order chi connectivity index (χ1) is 16.1. The number of nitro benzene ring substituents is 4. The van der Waals surface area contributed by atoms with Gasteiger partial charge in [-0.1, -0.05) is 18.2 Å². The van der Waals surface area contributed by atoms with Gasteiger partial charge in [-0.2, -0.15) is 0 Å². The van der Waals surface area contributed by atoms with Gasteiger partial charge in [0.05, 0.1) is 43.0 Å². The third-order valence-corrected chi connectivity index (χ3v) is 5.34. The fraction of sp³-hybridized carbons (Fsp3) is 0.0476. The molecule has 0 unspecified atom stereocenters. The predicted molar refractivity (Wildman–Crippen MR) is 120 cm³/mol. The molecule has 170 valence electrons. The Bertz CT molecular complexity index is 1350. The van der Waals surface area contributed by atoms with E-state index >= 15 is 0 Å². The zero-order valence-corrected chi connectivity index (χ0v) is 17.3. The monoisotopic (exact) mass is 463 g/mol. The van der Waals surface area contributed by atoms with Crippen LogP contribution in [0.5, 0.6) is 0 Å². The van der Waals surface area contributed by atoms with Crippen LogP contribution in [0.1, 0.15) is 11.1 Å². The minimum Gasteiger partial charge on any atom is -0.350 e. The molecule has 0 aromatic heterocycles. The molecule has 0 amide bonds. The summed E-state index contributed by atoms with van der Waals surface area (Å²) < 4.78 is 0. The van der Waals surface area contributed by atoms with E-state index in [1.165, 1.54) is 6.20 Å². The number of nitrogens with zero attached hydrogens (tertiary/aromatic N) is 5. The normalized spacial score (nSPS) is 11.4. The molecule has 0 N–H and O–H groups in total. The molecule has 0 bridgehead atoms. The highest BCUT2D eigenvalue weighted by atomic mass is 16.6. The van der Waals surface area contributed by atoms with E-state index in [4.69, 9.17) is 0 Å². The summed E-state index contributed by atoms with van der Waals surface area (Å²) in [5.74, 6) is 0. The van der Waals surface area contributed by atoms with Crippen molar-refractivity contribution in [3.63, 3.8) is 0 Å². The van der Waals surface area contributed by atoms with Crippen molar-refractivity contribution in [1.82, 2.24) is 0 Å². The number of non-ortho nitro benzene ring substituents is 2. The summed E-state index contributed by atoms with van der Waals surface area (Å²) in [7, 11) is 1.64. The zero-order valence-electron chi connectivity index (χ0n) is 17.3. The van der Waals surface area contributed by atoms with Crippen LogP contribution in [0, 0.1) is 40.5 Å². The summed E-state index contributed by atoms with van der Waals surface area (Å²) in [5, 5.41) is 46.6. The maximum atomic E-state index is 11.8. The lowest BCUT2D eigenvalue weighted by atomic mass is 10.0. The molecule has 0 spiro atoms. The number of fused-ring (bicyclic) bond motifs is 3. The van der Waals surface area contributed by atoms with Crippen LogP contribution in [-0.2, 0) is 0 Å². The predicted octanol–water partition coefficient (Wildman–Crippen LogP) is 4.83. The number of hydrogen-bond acceptors (Lipinski definition) is 9. The first-order valence-corrected chi connectivity index (χ1v) is 9.54. The lowest BCUT2D eigenvalue weighted by molar-refractivity contribution is -0.395. The van der Waals surface area contributed by atoms with Gasteiger partial charge in [-0.3, -0.25) is 40.5 Å². The molecule has 3 aromatic carbocycles. The second-order valence-corrected chi connectivity index (χ2v) is 7.29. The maximum Gasteiger partial charge on any atom is 0.284 e. The Morgan fingerprint density at radius 1 is 0.676 bits per heavy atom. The maximum absolute atomic E-state index is 11.8.